The van der Waals surface area contributed by atoms with Crippen molar-refractivity contribution in [3.8, 4) is 0 Å². The molecule has 0 saturated carbocycles. The van der Waals surface area contributed by atoms with E-state index in [-0.39, 0.29) is 5.78 Å². The van der Waals surface area contributed by atoms with Crippen LogP contribution in [0.3, 0.4) is 0 Å². The minimum Gasteiger partial charge on any atom is -0.361 e. The van der Waals surface area contributed by atoms with Gasteiger partial charge >= 0.3 is 0 Å². The van der Waals surface area contributed by atoms with Gasteiger partial charge in [-0.3, -0.25) is 9.59 Å². The maximum absolute atomic E-state index is 11.7. The van der Waals surface area contributed by atoms with Gasteiger partial charge < -0.3 is 10.1 Å². The highest BCUT2D eigenvalue weighted by Crippen LogP contribution is 2.07. The maximum atomic E-state index is 11.7. The number of hydrogen-bond donors (Lipinski definition) is 1. The minimum atomic E-state index is -1.02. The molecule has 0 aromatic heterocycles. The molecule has 0 fully saturated rings. The molecule has 4 heteroatoms. The molecule has 16 heavy (non-hydrogen) atoms. The SMILES string of the molecule is CCOC(C(C)=O)C(=O)Nc1ccccc1. The average Bonchev–Trinajstić information content (AvgIpc) is 2.26. The molecule has 1 amide bonds. The molecule has 0 spiro atoms. The highest BCUT2D eigenvalue weighted by atomic mass is 16.5. The molecule has 1 N–H and O–H groups in total. The van der Waals surface area contributed by atoms with Crippen molar-refractivity contribution in [3.63, 3.8) is 0 Å². The number of anilines is 1. The fourth-order valence-electron chi connectivity index (χ4n) is 1.27. The molecule has 1 aromatic carbocycles. The molecule has 0 aliphatic carbocycles. The number of para-hydroxylation sites is 1. The number of carbonyl (C=O) groups excluding carboxylic acids is 2. The van der Waals surface area contributed by atoms with E-state index in [2.05, 4.69) is 5.32 Å². The van der Waals surface area contributed by atoms with E-state index in [9.17, 15) is 9.59 Å². The number of Topliss-reactive ketones (excluding diaryl/α,β-unsaturated/α-hetero) is 1. The van der Waals surface area contributed by atoms with E-state index >= 15 is 0 Å². The van der Waals surface area contributed by atoms with E-state index < -0.39 is 12.0 Å². The zero-order valence-electron chi connectivity index (χ0n) is 9.40. The summed E-state index contributed by atoms with van der Waals surface area (Å²) in [6.07, 6.45) is -1.02. The summed E-state index contributed by atoms with van der Waals surface area (Å²) in [5, 5.41) is 2.62. The van der Waals surface area contributed by atoms with Crippen LogP contribution in [-0.4, -0.2) is 24.4 Å². The van der Waals surface area contributed by atoms with Crippen LogP contribution >= 0.6 is 0 Å². The Balaban J connectivity index is 2.66. The first kappa shape index (κ1) is 12.4. The summed E-state index contributed by atoms with van der Waals surface area (Å²) in [6.45, 7) is 3.41. The second-order valence-corrected chi connectivity index (χ2v) is 3.30. The Labute approximate surface area is 94.6 Å². The first-order valence-corrected chi connectivity index (χ1v) is 5.13. The number of carbonyl (C=O) groups is 2. The van der Waals surface area contributed by atoms with Crippen LogP contribution in [0.4, 0.5) is 5.69 Å². The van der Waals surface area contributed by atoms with Crippen LogP contribution < -0.4 is 5.32 Å². The van der Waals surface area contributed by atoms with Crippen molar-refractivity contribution in [2.75, 3.05) is 11.9 Å². The van der Waals surface area contributed by atoms with Crippen LogP contribution in [-0.2, 0) is 14.3 Å². The summed E-state index contributed by atoms with van der Waals surface area (Å²) >= 11 is 0. The van der Waals surface area contributed by atoms with Crippen LogP contribution in [0.1, 0.15) is 13.8 Å². The van der Waals surface area contributed by atoms with Gasteiger partial charge in [-0.1, -0.05) is 18.2 Å². The van der Waals surface area contributed by atoms with E-state index in [0.717, 1.165) is 0 Å². The Morgan fingerprint density at radius 3 is 2.44 bits per heavy atom. The quantitative estimate of drug-likeness (QED) is 0.769. The monoisotopic (exact) mass is 221 g/mol. The van der Waals surface area contributed by atoms with Gasteiger partial charge in [-0.2, -0.15) is 0 Å². The van der Waals surface area contributed by atoms with Crippen molar-refractivity contribution in [3.05, 3.63) is 30.3 Å². The van der Waals surface area contributed by atoms with E-state index in [1.54, 1.807) is 31.2 Å². The topological polar surface area (TPSA) is 55.4 Å². The summed E-state index contributed by atoms with van der Waals surface area (Å²) in [5.41, 5.74) is 0.651. The lowest BCUT2D eigenvalue weighted by Gasteiger charge is -2.13. The van der Waals surface area contributed by atoms with Gasteiger partial charge in [0.25, 0.3) is 5.91 Å². The predicted octanol–water partition coefficient (Wildman–Crippen LogP) is 1.62. The minimum absolute atomic E-state index is 0.296. The second-order valence-electron chi connectivity index (χ2n) is 3.30. The highest BCUT2D eigenvalue weighted by Gasteiger charge is 2.23. The second kappa shape index (κ2) is 6.02. The number of rotatable bonds is 5. The lowest BCUT2D eigenvalue weighted by atomic mass is 10.2. The fraction of sp³-hybridized carbons (Fsp3) is 0.333. The van der Waals surface area contributed by atoms with E-state index in [1.165, 1.54) is 6.92 Å². The molecule has 1 rings (SSSR count). The van der Waals surface area contributed by atoms with E-state index in [4.69, 9.17) is 4.74 Å². The maximum Gasteiger partial charge on any atom is 0.261 e. The van der Waals surface area contributed by atoms with Crippen molar-refractivity contribution in [1.82, 2.24) is 0 Å². The van der Waals surface area contributed by atoms with Crippen molar-refractivity contribution in [2.45, 2.75) is 20.0 Å². The predicted molar refractivity (Wildman–Crippen MR) is 61.2 cm³/mol. The number of hydrogen-bond acceptors (Lipinski definition) is 3. The Morgan fingerprint density at radius 2 is 1.94 bits per heavy atom. The molecular weight excluding hydrogens is 206 g/mol. The van der Waals surface area contributed by atoms with Gasteiger partial charge in [0.1, 0.15) is 0 Å². The van der Waals surface area contributed by atoms with Gasteiger partial charge in [0.15, 0.2) is 11.9 Å². The summed E-state index contributed by atoms with van der Waals surface area (Å²) in [5.74, 6) is -0.726. The van der Waals surface area contributed by atoms with Crippen LogP contribution in [0.2, 0.25) is 0 Å². The molecule has 0 aliphatic rings. The largest absolute Gasteiger partial charge is 0.361 e. The molecule has 0 heterocycles. The van der Waals surface area contributed by atoms with Crippen molar-refractivity contribution in [2.24, 2.45) is 0 Å². The van der Waals surface area contributed by atoms with Crippen LogP contribution in [0.25, 0.3) is 0 Å². The molecule has 1 atom stereocenters. The molecule has 0 saturated heterocycles. The van der Waals surface area contributed by atoms with Gasteiger partial charge in [0.2, 0.25) is 0 Å². The lowest BCUT2D eigenvalue weighted by molar-refractivity contribution is -0.139. The molecule has 0 bridgehead atoms. The summed E-state index contributed by atoms with van der Waals surface area (Å²) in [4.78, 5) is 22.9. The Kier molecular flexibility index (Phi) is 4.66. The molecular formula is C12H15NO3. The van der Waals surface area contributed by atoms with Crippen molar-refractivity contribution in [1.29, 1.82) is 0 Å². The van der Waals surface area contributed by atoms with E-state index in [0.29, 0.717) is 12.3 Å². The van der Waals surface area contributed by atoms with Crippen molar-refractivity contribution >= 4 is 17.4 Å². The van der Waals surface area contributed by atoms with Crippen molar-refractivity contribution < 1.29 is 14.3 Å². The normalized spacial score (nSPS) is 11.9. The number of ketones is 1. The third kappa shape index (κ3) is 3.47. The zero-order chi connectivity index (χ0) is 12.0. The third-order valence-corrected chi connectivity index (χ3v) is 1.98. The van der Waals surface area contributed by atoms with Gasteiger partial charge in [-0.15, -0.1) is 0 Å². The first-order chi connectivity index (χ1) is 7.65. The van der Waals surface area contributed by atoms with Crippen LogP contribution in [0, 0.1) is 0 Å². The van der Waals surface area contributed by atoms with Crippen LogP contribution in [0.5, 0.6) is 0 Å². The van der Waals surface area contributed by atoms with Gasteiger partial charge in [0, 0.05) is 12.3 Å². The van der Waals surface area contributed by atoms with Gasteiger partial charge in [0.05, 0.1) is 0 Å². The average molecular weight is 221 g/mol. The molecule has 0 aliphatic heterocycles. The summed E-state index contributed by atoms with van der Waals surface area (Å²) in [7, 11) is 0. The Bertz CT molecular complexity index is 362. The number of amides is 1. The summed E-state index contributed by atoms with van der Waals surface area (Å²) < 4.78 is 5.08. The standard InChI is InChI=1S/C12H15NO3/c1-3-16-11(9(2)14)12(15)13-10-7-5-4-6-8-10/h4-8,11H,3H2,1-2H3,(H,13,15). The van der Waals surface area contributed by atoms with E-state index in [1.807, 2.05) is 6.07 Å². The third-order valence-electron chi connectivity index (χ3n) is 1.98. The van der Waals surface area contributed by atoms with Gasteiger partial charge in [-0.05, 0) is 26.0 Å². The lowest BCUT2D eigenvalue weighted by Crippen LogP contribution is -2.36. The molecule has 86 valence electrons. The molecule has 1 unspecified atom stereocenters. The first-order valence-electron chi connectivity index (χ1n) is 5.13. The molecule has 4 nitrogen and oxygen atoms in total. The zero-order valence-corrected chi connectivity index (χ0v) is 9.40. The fourth-order valence-corrected chi connectivity index (χ4v) is 1.27. The number of nitrogens with one attached hydrogen (secondary N) is 1. The number of ether oxygens (including phenoxy) is 1. The Hall–Kier alpha value is -1.68. The molecule has 0 radical (unpaired) electrons. The summed E-state index contributed by atoms with van der Waals surface area (Å²) in [6, 6.07) is 8.96. The van der Waals surface area contributed by atoms with Gasteiger partial charge in [-0.25, -0.2) is 0 Å². The molecule has 1 aromatic rings. The van der Waals surface area contributed by atoms with Crippen LogP contribution in [0.15, 0.2) is 30.3 Å². The highest BCUT2D eigenvalue weighted by molar-refractivity contribution is 6.09. The Morgan fingerprint density at radius 1 is 1.31 bits per heavy atom. The number of benzene rings is 1. The smallest absolute Gasteiger partial charge is 0.261 e.